The van der Waals surface area contributed by atoms with Gasteiger partial charge >= 0.3 is 0 Å². The van der Waals surface area contributed by atoms with Crippen LogP contribution in [0.25, 0.3) is 0 Å². The molecule has 0 aliphatic carbocycles. The van der Waals surface area contributed by atoms with Crippen LogP contribution in [-0.4, -0.2) is 36.2 Å². The number of carbonyl (C=O) groups excluding carboxylic acids is 1. The zero-order valence-corrected chi connectivity index (χ0v) is 14.7. The maximum atomic E-state index is 11.8. The second-order valence-electron chi connectivity index (χ2n) is 6.91. The van der Waals surface area contributed by atoms with Crippen molar-refractivity contribution in [3.8, 4) is 18.4 Å². The molecule has 0 radical (unpaired) electrons. The Balaban J connectivity index is 1.62. The van der Waals surface area contributed by atoms with Gasteiger partial charge in [-0.1, -0.05) is 24.3 Å². The quantitative estimate of drug-likeness (QED) is 0.786. The molecule has 1 spiro atoms. The van der Waals surface area contributed by atoms with E-state index in [9.17, 15) is 4.79 Å². The van der Waals surface area contributed by atoms with Crippen LogP contribution in [0.3, 0.4) is 0 Å². The number of piperidine rings is 1. The number of rotatable bonds is 6. The van der Waals surface area contributed by atoms with Gasteiger partial charge in [0.15, 0.2) is 5.60 Å². The van der Waals surface area contributed by atoms with Crippen LogP contribution in [0.2, 0.25) is 0 Å². The van der Waals surface area contributed by atoms with Crippen molar-refractivity contribution in [2.45, 2.75) is 43.5 Å². The summed E-state index contributed by atoms with van der Waals surface area (Å²) in [5.41, 5.74) is 6.35. The molecule has 1 atom stereocenters. The first-order valence-corrected chi connectivity index (χ1v) is 8.74. The molecule has 1 aromatic rings. The number of hydrogen-bond acceptors (Lipinski definition) is 5. The van der Waals surface area contributed by atoms with Crippen LogP contribution in [0.4, 0.5) is 0 Å². The monoisotopic (exact) mass is 353 g/mol. The normalized spacial score (nSPS) is 20.7. The molecule has 1 unspecified atom stereocenters. The summed E-state index contributed by atoms with van der Waals surface area (Å²) in [7, 11) is 0. The number of fused-ring (bicyclic) bond motifs is 2. The summed E-state index contributed by atoms with van der Waals surface area (Å²) < 4.78 is 11.9. The van der Waals surface area contributed by atoms with Gasteiger partial charge in [-0.2, -0.15) is 5.26 Å². The van der Waals surface area contributed by atoms with Crippen molar-refractivity contribution in [3.63, 3.8) is 0 Å². The topological polar surface area (TPSA) is 88.6 Å². The number of nitriles is 1. The molecule has 2 aliphatic heterocycles. The Kier molecular flexibility index (Phi) is 5.29. The van der Waals surface area contributed by atoms with Crippen LogP contribution < -0.4 is 5.73 Å². The van der Waals surface area contributed by atoms with E-state index in [2.05, 4.69) is 23.0 Å². The lowest BCUT2D eigenvalue weighted by Crippen LogP contribution is -2.50. The molecule has 0 saturated carbocycles. The maximum Gasteiger partial charge on any atom is 0.251 e. The first kappa shape index (κ1) is 18.4. The smallest absolute Gasteiger partial charge is 0.251 e. The van der Waals surface area contributed by atoms with E-state index in [0.29, 0.717) is 6.61 Å². The minimum atomic E-state index is -1.42. The van der Waals surface area contributed by atoms with E-state index < -0.39 is 11.5 Å². The highest BCUT2D eigenvalue weighted by Gasteiger charge is 2.43. The number of carbonyl (C=O) groups is 1. The van der Waals surface area contributed by atoms with Gasteiger partial charge in [0.25, 0.3) is 5.91 Å². The van der Waals surface area contributed by atoms with Crippen LogP contribution in [0.1, 0.15) is 36.8 Å². The summed E-state index contributed by atoms with van der Waals surface area (Å²) in [6.45, 7) is 2.41. The number of hydrogen-bond donors (Lipinski definition) is 1. The molecule has 3 rings (SSSR count). The Morgan fingerprint density at radius 2 is 2.12 bits per heavy atom. The van der Waals surface area contributed by atoms with Gasteiger partial charge in [0.1, 0.15) is 6.73 Å². The van der Waals surface area contributed by atoms with Crippen molar-refractivity contribution < 1.29 is 14.3 Å². The molecule has 2 heterocycles. The van der Waals surface area contributed by atoms with E-state index in [1.165, 1.54) is 11.1 Å². The van der Waals surface area contributed by atoms with Gasteiger partial charge in [-0.15, -0.1) is 12.3 Å². The highest BCUT2D eigenvalue weighted by Crippen LogP contribution is 2.44. The zero-order chi connectivity index (χ0) is 18.6. The Labute approximate surface area is 153 Å². The van der Waals surface area contributed by atoms with E-state index in [4.69, 9.17) is 26.9 Å². The third-order valence-electron chi connectivity index (χ3n) is 5.40. The lowest BCUT2D eigenvalue weighted by molar-refractivity contribution is -0.155. The van der Waals surface area contributed by atoms with E-state index in [0.717, 1.165) is 25.9 Å². The number of primary amides is 1. The van der Waals surface area contributed by atoms with Gasteiger partial charge in [0, 0.05) is 19.5 Å². The summed E-state index contributed by atoms with van der Waals surface area (Å²) in [5.74, 6) is 1.70. The molecule has 1 amide bonds. The lowest BCUT2D eigenvalue weighted by atomic mass is 9.84. The minimum absolute atomic E-state index is 0.00976. The number of terminal acetylenes is 1. The fourth-order valence-corrected chi connectivity index (χ4v) is 3.76. The van der Waals surface area contributed by atoms with E-state index in [-0.39, 0.29) is 25.2 Å². The van der Waals surface area contributed by atoms with Crippen molar-refractivity contribution in [2.75, 3.05) is 19.8 Å². The molecule has 1 fully saturated rings. The van der Waals surface area contributed by atoms with E-state index >= 15 is 0 Å². The van der Waals surface area contributed by atoms with Crippen molar-refractivity contribution in [1.29, 1.82) is 5.26 Å². The maximum absolute atomic E-state index is 11.8. The van der Waals surface area contributed by atoms with Crippen LogP contribution in [0.5, 0.6) is 0 Å². The van der Waals surface area contributed by atoms with Gasteiger partial charge in [-0.3, -0.25) is 9.69 Å². The van der Waals surface area contributed by atoms with Crippen LogP contribution in [0, 0.1) is 23.7 Å². The molecular weight excluding hydrogens is 330 g/mol. The molecular formula is C20H23N3O3. The summed E-state index contributed by atoms with van der Waals surface area (Å²) in [6, 6.07) is 10.3. The number of nitrogens with zero attached hydrogens (tertiary/aromatic N) is 2. The molecule has 6 heteroatoms. The predicted octanol–water partition coefficient (Wildman–Crippen LogP) is 1.64. The zero-order valence-electron chi connectivity index (χ0n) is 14.7. The Hall–Kier alpha value is -2.38. The van der Waals surface area contributed by atoms with Crippen molar-refractivity contribution in [3.05, 3.63) is 35.4 Å². The number of nitrogens with two attached hydrogens (primary N) is 1. The number of benzene rings is 1. The molecule has 2 N–H and O–H groups in total. The Morgan fingerprint density at radius 3 is 2.77 bits per heavy atom. The van der Waals surface area contributed by atoms with Crippen molar-refractivity contribution in [1.82, 2.24) is 4.90 Å². The summed E-state index contributed by atoms with van der Waals surface area (Å²) in [5, 5.41) is 9.01. The third-order valence-corrected chi connectivity index (χ3v) is 5.40. The molecule has 0 aromatic heterocycles. The molecule has 6 nitrogen and oxygen atoms in total. The molecule has 1 saturated heterocycles. The Morgan fingerprint density at radius 1 is 1.38 bits per heavy atom. The number of likely N-dealkylation sites (tertiary alicyclic amines) is 1. The first-order valence-electron chi connectivity index (χ1n) is 8.74. The van der Waals surface area contributed by atoms with Gasteiger partial charge in [0.05, 0.1) is 24.7 Å². The van der Waals surface area contributed by atoms with Gasteiger partial charge < -0.3 is 15.2 Å². The molecule has 1 aromatic carbocycles. The fourth-order valence-electron chi connectivity index (χ4n) is 3.76. The SMILES string of the molecule is C#CCC(CC#N)(OCN1CCC2(CC1)OCc1ccccc12)C(N)=O. The standard InChI is InChI=1S/C20H23N3O3/c1-2-7-20(8-11-21,18(22)24)26-15-23-12-9-19(10-13-23)17-6-4-3-5-16(17)14-25-19/h1,3-6H,7-10,12-15H2,(H2,22,24). The Bertz CT molecular complexity index is 738. The van der Waals surface area contributed by atoms with E-state index in [1.807, 2.05) is 18.2 Å². The molecule has 136 valence electrons. The second-order valence-corrected chi connectivity index (χ2v) is 6.91. The summed E-state index contributed by atoms with van der Waals surface area (Å²) in [4.78, 5) is 13.9. The van der Waals surface area contributed by atoms with Crippen LogP contribution >= 0.6 is 0 Å². The third kappa shape index (κ3) is 3.32. The van der Waals surface area contributed by atoms with Gasteiger partial charge in [-0.05, 0) is 24.0 Å². The summed E-state index contributed by atoms with van der Waals surface area (Å²) >= 11 is 0. The average molecular weight is 353 g/mol. The molecule has 2 aliphatic rings. The van der Waals surface area contributed by atoms with Crippen molar-refractivity contribution >= 4 is 5.91 Å². The second kappa shape index (κ2) is 7.47. The van der Waals surface area contributed by atoms with Gasteiger partial charge in [0.2, 0.25) is 0 Å². The largest absolute Gasteiger partial charge is 0.367 e. The molecule has 0 bridgehead atoms. The number of amides is 1. The lowest BCUT2D eigenvalue weighted by Gasteiger charge is -2.40. The van der Waals surface area contributed by atoms with E-state index in [1.54, 1.807) is 0 Å². The minimum Gasteiger partial charge on any atom is -0.367 e. The van der Waals surface area contributed by atoms with Crippen molar-refractivity contribution in [2.24, 2.45) is 5.73 Å². The number of ether oxygens (including phenoxy) is 2. The highest BCUT2D eigenvalue weighted by molar-refractivity contribution is 5.84. The predicted molar refractivity (Wildman–Crippen MR) is 95.3 cm³/mol. The molecule has 26 heavy (non-hydrogen) atoms. The summed E-state index contributed by atoms with van der Waals surface area (Å²) in [6.07, 6.45) is 6.88. The van der Waals surface area contributed by atoms with Crippen LogP contribution in [-0.2, 0) is 26.5 Å². The average Bonchev–Trinajstić information content (AvgIpc) is 3.00. The fraction of sp³-hybridized carbons (Fsp3) is 0.500. The van der Waals surface area contributed by atoms with Gasteiger partial charge in [-0.25, -0.2) is 0 Å². The highest BCUT2D eigenvalue weighted by atomic mass is 16.5. The first-order chi connectivity index (χ1) is 12.6. The van der Waals surface area contributed by atoms with Crippen LogP contribution in [0.15, 0.2) is 24.3 Å².